The summed E-state index contributed by atoms with van der Waals surface area (Å²) < 4.78 is 0. The van der Waals surface area contributed by atoms with Crippen molar-refractivity contribution < 1.29 is 9.90 Å². The van der Waals surface area contributed by atoms with E-state index in [1.165, 1.54) is 5.01 Å². The van der Waals surface area contributed by atoms with E-state index in [0.717, 1.165) is 5.71 Å². The van der Waals surface area contributed by atoms with Crippen molar-refractivity contribution in [3.63, 3.8) is 0 Å². The Morgan fingerprint density at radius 3 is 2.54 bits per heavy atom. The van der Waals surface area contributed by atoms with Crippen molar-refractivity contribution in [2.24, 2.45) is 11.0 Å². The minimum atomic E-state index is -1.13. The quantitative estimate of drug-likeness (QED) is 0.660. The van der Waals surface area contributed by atoms with Crippen LogP contribution in [0.25, 0.3) is 0 Å². The second-order valence-corrected chi connectivity index (χ2v) is 4.03. The average molecular weight is 184 g/mol. The van der Waals surface area contributed by atoms with Gasteiger partial charge in [0.05, 0.1) is 0 Å². The normalized spacial score (nSPS) is 28.2. The van der Waals surface area contributed by atoms with Gasteiger partial charge in [-0.15, -0.1) is 0 Å². The zero-order valence-corrected chi connectivity index (χ0v) is 8.53. The first kappa shape index (κ1) is 10.2. The Morgan fingerprint density at radius 2 is 2.23 bits per heavy atom. The largest absolute Gasteiger partial charge is 0.369 e. The van der Waals surface area contributed by atoms with Gasteiger partial charge < -0.3 is 5.11 Å². The van der Waals surface area contributed by atoms with Gasteiger partial charge in [0.15, 0.2) is 5.72 Å². The smallest absolute Gasteiger partial charge is 0.247 e. The van der Waals surface area contributed by atoms with Gasteiger partial charge in [0.25, 0.3) is 0 Å². The van der Waals surface area contributed by atoms with Crippen molar-refractivity contribution in [1.29, 1.82) is 0 Å². The molecule has 1 N–H and O–H groups in total. The van der Waals surface area contributed by atoms with Gasteiger partial charge in [0.2, 0.25) is 5.91 Å². The number of carbonyl (C=O) groups excluding carboxylic acids is 1. The van der Waals surface area contributed by atoms with Crippen LogP contribution in [0, 0.1) is 5.92 Å². The lowest BCUT2D eigenvalue weighted by atomic mass is 10.1. The summed E-state index contributed by atoms with van der Waals surface area (Å²) in [6.45, 7) is 7.00. The van der Waals surface area contributed by atoms with E-state index in [2.05, 4.69) is 5.10 Å². The maximum atomic E-state index is 11.6. The second-order valence-electron chi connectivity index (χ2n) is 4.03. The maximum Gasteiger partial charge on any atom is 0.247 e. The van der Waals surface area contributed by atoms with Crippen molar-refractivity contribution in [3.8, 4) is 0 Å². The summed E-state index contributed by atoms with van der Waals surface area (Å²) in [4.78, 5) is 11.6. The molecule has 0 bridgehead atoms. The number of carbonyl (C=O) groups is 1. The fourth-order valence-electron chi connectivity index (χ4n) is 1.40. The Bertz CT molecular complexity index is 256. The molecule has 0 radical (unpaired) electrons. The minimum absolute atomic E-state index is 0.137. The van der Waals surface area contributed by atoms with Gasteiger partial charge in [-0.25, -0.2) is 5.01 Å². The number of hydrazone groups is 1. The number of aliphatic hydroxyl groups is 1. The predicted octanol–water partition coefficient (Wildman–Crippen LogP) is 0.959. The molecular formula is C9H16N2O2. The average Bonchev–Trinajstić information content (AvgIpc) is 2.22. The van der Waals surface area contributed by atoms with Gasteiger partial charge in [0, 0.05) is 18.1 Å². The molecule has 13 heavy (non-hydrogen) atoms. The highest BCUT2D eigenvalue weighted by Gasteiger charge is 2.39. The van der Waals surface area contributed by atoms with Crippen LogP contribution >= 0.6 is 0 Å². The summed E-state index contributed by atoms with van der Waals surface area (Å²) in [5.74, 6) is -0.275. The van der Waals surface area contributed by atoms with Crippen molar-refractivity contribution in [2.45, 2.75) is 39.8 Å². The molecule has 0 unspecified atom stereocenters. The molecule has 0 aromatic carbocycles. The SMILES string of the molecule is CC1=NN(C(=O)C(C)C)[C@](C)(O)C1. The van der Waals surface area contributed by atoms with Gasteiger partial charge in [-0.3, -0.25) is 4.79 Å². The van der Waals surface area contributed by atoms with Crippen molar-refractivity contribution >= 4 is 11.6 Å². The van der Waals surface area contributed by atoms with E-state index in [1.54, 1.807) is 20.8 Å². The molecule has 1 rings (SSSR count). The third-order valence-electron chi connectivity index (χ3n) is 2.02. The third kappa shape index (κ3) is 1.88. The van der Waals surface area contributed by atoms with Crippen LogP contribution in [0.15, 0.2) is 5.10 Å². The first-order chi connectivity index (χ1) is 5.84. The van der Waals surface area contributed by atoms with E-state index in [-0.39, 0.29) is 11.8 Å². The first-order valence-corrected chi connectivity index (χ1v) is 4.45. The van der Waals surface area contributed by atoms with Crippen LogP contribution in [0.5, 0.6) is 0 Å². The Balaban J connectivity index is 2.85. The molecule has 0 saturated heterocycles. The molecule has 1 amide bonds. The lowest BCUT2D eigenvalue weighted by Gasteiger charge is -2.28. The number of hydrogen-bond acceptors (Lipinski definition) is 3. The summed E-state index contributed by atoms with van der Waals surface area (Å²) in [5.41, 5.74) is -0.343. The van der Waals surface area contributed by atoms with Crippen molar-refractivity contribution in [3.05, 3.63) is 0 Å². The Hall–Kier alpha value is -0.900. The monoisotopic (exact) mass is 184 g/mol. The van der Waals surface area contributed by atoms with Crippen LogP contribution in [0.3, 0.4) is 0 Å². The molecule has 1 aliphatic rings. The van der Waals surface area contributed by atoms with Crippen LogP contribution in [0.2, 0.25) is 0 Å². The first-order valence-electron chi connectivity index (χ1n) is 4.45. The van der Waals surface area contributed by atoms with Crippen LogP contribution in [0.4, 0.5) is 0 Å². The summed E-state index contributed by atoms with van der Waals surface area (Å²) in [5, 5.41) is 15.0. The maximum absolute atomic E-state index is 11.6. The van der Waals surface area contributed by atoms with E-state index in [4.69, 9.17) is 0 Å². The van der Waals surface area contributed by atoms with Gasteiger partial charge >= 0.3 is 0 Å². The third-order valence-corrected chi connectivity index (χ3v) is 2.02. The molecule has 0 fully saturated rings. The van der Waals surface area contributed by atoms with E-state index in [1.807, 2.05) is 6.92 Å². The fraction of sp³-hybridized carbons (Fsp3) is 0.778. The van der Waals surface area contributed by atoms with Crippen LogP contribution in [-0.2, 0) is 4.79 Å². The van der Waals surface area contributed by atoms with Crippen molar-refractivity contribution in [1.82, 2.24) is 5.01 Å². The number of amides is 1. The summed E-state index contributed by atoms with van der Waals surface area (Å²) in [6.07, 6.45) is 0.436. The van der Waals surface area contributed by atoms with E-state index >= 15 is 0 Å². The lowest BCUT2D eigenvalue weighted by molar-refractivity contribution is -0.155. The highest BCUT2D eigenvalue weighted by molar-refractivity contribution is 5.89. The zero-order chi connectivity index (χ0) is 10.2. The summed E-state index contributed by atoms with van der Waals surface area (Å²) in [7, 11) is 0. The molecule has 1 atom stereocenters. The van der Waals surface area contributed by atoms with Gasteiger partial charge in [-0.2, -0.15) is 5.10 Å². The summed E-state index contributed by atoms with van der Waals surface area (Å²) in [6, 6.07) is 0. The highest BCUT2D eigenvalue weighted by Crippen LogP contribution is 2.25. The molecule has 0 aromatic heterocycles. The lowest BCUT2D eigenvalue weighted by Crippen LogP contribution is -2.44. The molecule has 0 aliphatic carbocycles. The van der Waals surface area contributed by atoms with Gasteiger partial charge in [-0.1, -0.05) is 13.8 Å². The standard InChI is InChI=1S/C9H16N2O2/c1-6(2)8(12)11-9(4,13)5-7(3)10-11/h6,13H,5H2,1-4H3/t9-/m1/s1. The molecule has 4 heteroatoms. The Kier molecular flexibility index (Phi) is 2.43. The number of hydrogen-bond donors (Lipinski definition) is 1. The molecule has 74 valence electrons. The molecule has 4 nitrogen and oxygen atoms in total. The van der Waals surface area contributed by atoms with Crippen LogP contribution in [0.1, 0.15) is 34.1 Å². The van der Waals surface area contributed by atoms with E-state index < -0.39 is 5.72 Å². The van der Waals surface area contributed by atoms with Gasteiger partial charge in [-0.05, 0) is 13.8 Å². The summed E-state index contributed by atoms with van der Waals surface area (Å²) >= 11 is 0. The van der Waals surface area contributed by atoms with Crippen LogP contribution in [-0.4, -0.2) is 27.5 Å². The highest BCUT2D eigenvalue weighted by atomic mass is 16.3. The number of rotatable bonds is 1. The molecule has 0 aromatic rings. The zero-order valence-electron chi connectivity index (χ0n) is 8.53. The molecule has 1 aliphatic heterocycles. The molecule has 1 heterocycles. The van der Waals surface area contributed by atoms with Crippen LogP contribution < -0.4 is 0 Å². The molecule has 0 spiro atoms. The predicted molar refractivity (Wildman–Crippen MR) is 50.0 cm³/mol. The van der Waals surface area contributed by atoms with Gasteiger partial charge in [0.1, 0.15) is 0 Å². The Morgan fingerprint density at radius 1 is 1.69 bits per heavy atom. The molecular weight excluding hydrogens is 168 g/mol. The minimum Gasteiger partial charge on any atom is -0.369 e. The second kappa shape index (κ2) is 3.10. The van der Waals surface area contributed by atoms with E-state index in [9.17, 15) is 9.90 Å². The topological polar surface area (TPSA) is 52.9 Å². The fourth-order valence-corrected chi connectivity index (χ4v) is 1.40. The van der Waals surface area contributed by atoms with Crippen molar-refractivity contribution in [2.75, 3.05) is 0 Å². The molecule has 0 saturated carbocycles. The van der Waals surface area contributed by atoms with E-state index in [0.29, 0.717) is 6.42 Å². The Labute approximate surface area is 78.2 Å². The number of nitrogens with zero attached hydrogens (tertiary/aromatic N) is 2.